The van der Waals surface area contributed by atoms with Crippen LogP contribution in [0.3, 0.4) is 0 Å². The van der Waals surface area contributed by atoms with E-state index in [9.17, 15) is 43.8 Å². The van der Waals surface area contributed by atoms with Gasteiger partial charge in [0.15, 0.2) is 24.1 Å². The van der Waals surface area contributed by atoms with Gasteiger partial charge in [0, 0.05) is 71.3 Å². The highest BCUT2D eigenvalue weighted by Crippen LogP contribution is 2.87. The highest BCUT2D eigenvalue weighted by molar-refractivity contribution is 5.74. The lowest BCUT2D eigenvalue weighted by molar-refractivity contribution is -0.447. The number of hydrogen-bond donors (Lipinski definition) is 2. The molecule has 0 radical (unpaired) electrons. The van der Waals surface area contributed by atoms with Crippen molar-refractivity contribution in [2.24, 2.45) is 28.1 Å². The number of aliphatic hydroxyl groups is 2. The second-order valence-corrected chi connectivity index (χ2v) is 17.5. The highest BCUT2D eigenvalue weighted by Gasteiger charge is 3.05. The van der Waals surface area contributed by atoms with Crippen LogP contribution < -0.4 is 0 Å². The molecule has 4 aliphatic carbocycles. The molecule has 19 nitrogen and oxygen atoms in total. The van der Waals surface area contributed by atoms with Crippen LogP contribution in [0.25, 0.3) is 0 Å². The van der Waals surface area contributed by atoms with Crippen LogP contribution in [-0.4, -0.2) is 118 Å². The summed E-state index contributed by atoms with van der Waals surface area (Å²) in [6, 6.07) is 1.49. The molecule has 1 aromatic heterocycles. The van der Waals surface area contributed by atoms with Crippen LogP contribution >= 0.6 is 0 Å². The zero-order valence-corrected chi connectivity index (χ0v) is 34.4. The molecule has 3 heterocycles. The Balaban J connectivity index is 1.71. The van der Waals surface area contributed by atoms with Crippen molar-refractivity contribution >= 4 is 41.8 Å². The number of carbonyl (C=O) groups is 7. The van der Waals surface area contributed by atoms with Crippen molar-refractivity contribution in [3.8, 4) is 0 Å². The molecule has 2 aliphatic heterocycles. The van der Waals surface area contributed by atoms with Gasteiger partial charge in [-0.25, -0.2) is 0 Å². The van der Waals surface area contributed by atoms with Gasteiger partial charge in [-0.05, 0) is 25.3 Å². The Hall–Kier alpha value is -4.59. The summed E-state index contributed by atoms with van der Waals surface area (Å²) in [6.45, 7) is 10.1. The van der Waals surface area contributed by atoms with E-state index in [1.54, 1.807) is 13.8 Å². The van der Waals surface area contributed by atoms with E-state index in [1.807, 2.05) is 0 Å². The summed E-state index contributed by atoms with van der Waals surface area (Å²) in [5.41, 5.74) is -16.6. The van der Waals surface area contributed by atoms with Crippen LogP contribution in [0.15, 0.2) is 23.0 Å². The van der Waals surface area contributed by atoms with Crippen LogP contribution in [-0.2, 0) is 76.2 Å². The Morgan fingerprint density at radius 3 is 2.00 bits per heavy atom. The first-order chi connectivity index (χ1) is 27.3. The maximum absolute atomic E-state index is 14.7. The quantitative estimate of drug-likeness (QED) is 0.237. The normalized spacial score (nSPS) is 44.7. The molecule has 4 saturated carbocycles. The van der Waals surface area contributed by atoms with Crippen molar-refractivity contribution < 1.29 is 90.8 Å². The second-order valence-electron chi connectivity index (χ2n) is 17.5. The molecule has 19 heteroatoms. The number of hydrogen-bond acceptors (Lipinski definition) is 19. The number of ether oxygens (including phenoxy) is 9. The zero-order chi connectivity index (χ0) is 43.7. The predicted molar refractivity (Wildman–Crippen MR) is 189 cm³/mol. The molecular weight excluding hydrogens is 784 g/mol. The van der Waals surface area contributed by atoms with Gasteiger partial charge >= 0.3 is 41.8 Å². The van der Waals surface area contributed by atoms with Gasteiger partial charge in [-0.2, -0.15) is 0 Å². The lowest BCUT2D eigenvalue weighted by Crippen LogP contribution is -2.97. The fourth-order valence-corrected chi connectivity index (χ4v) is 13.1. The third-order valence-corrected chi connectivity index (χ3v) is 14.3. The summed E-state index contributed by atoms with van der Waals surface area (Å²) in [5.74, 6) is -11.0. The fraction of sp³-hybridized carbons (Fsp3) is 0.725. The fourth-order valence-electron chi connectivity index (χ4n) is 13.1. The SMILES string of the molecule is COC(=O)C[C@H]1[C@@]2(C)C[C@]3(O)[C@@](OC(C)=O)([C@H]4OC5(C)C[C@@H]6[C@](C)([C@@H](OC(C)=O)c7ccoc7)[C@@H](OC(C)=O)[C@@H](OC(C)=O)[C@@](O)([C@@]64O5)[C@]13COC(C)=O)[C@H]2OC(C)=O. The third-order valence-electron chi connectivity index (χ3n) is 14.3. The Morgan fingerprint density at radius 1 is 0.847 bits per heavy atom. The zero-order valence-electron chi connectivity index (χ0n) is 34.4. The molecular formula is C40H50O19. The van der Waals surface area contributed by atoms with Crippen LogP contribution in [0.1, 0.15) is 93.2 Å². The number of rotatable bonds is 11. The minimum atomic E-state index is -2.99. The average Bonchev–Trinajstić information content (AvgIpc) is 3.90. The smallest absolute Gasteiger partial charge is 0.305 e. The van der Waals surface area contributed by atoms with Gasteiger partial charge in [0.2, 0.25) is 5.60 Å². The summed E-state index contributed by atoms with van der Waals surface area (Å²) in [6.07, 6.45) is -7.73. The van der Waals surface area contributed by atoms with Crippen molar-refractivity contribution in [3.05, 3.63) is 24.2 Å². The van der Waals surface area contributed by atoms with E-state index >= 15 is 0 Å². The van der Waals surface area contributed by atoms with Crippen molar-refractivity contribution in [2.45, 2.75) is 140 Å². The molecule has 15 atom stereocenters. The van der Waals surface area contributed by atoms with E-state index in [1.165, 1.54) is 25.5 Å². The first-order valence-corrected chi connectivity index (χ1v) is 19.3. The maximum Gasteiger partial charge on any atom is 0.305 e. The topological polar surface area (TPSA) is 256 Å². The molecule has 6 aliphatic rings. The molecule has 0 aromatic carbocycles. The van der Waals surface area contributed by atoms with E-state index in [-0.39, 0.29) is 12.0 Å². The van der Waals surface area contributed by atoms with Crippen molar-refractivity contribution in [1.29, 1.82) is 0 Å². The average molecular weight is 835 g/mol. The molecule has 1 unspecified atom stereocenters. The van der Waals surface area contributed by atoms with Gasteiger partial charge in [-0.3, -0.25) is 33.6 Å². The number of esters is 7. The Morgan fingerprint density at radius 2 is 1.47 bits per heavy atom. The summed E-state index contributed by atoms with van der Waals surface area (Å²) in [4.78, 5) is 93.6. The number of carbonyl (C=O) groups excluding carboxylic acids is 7. The number of furan rings is 1. The minimum Gasteiger partial charge on any atom is -0.472 e. The summed E-state index contributed by atoms with van der Waals surface area (Å²) in [7, 11) is 1.10. The summed E-state index contributed by atoms with van der Waals surface area (Å²) in [5, 5.41) is 28.7. The second kappa shape index (κ2) is 13.2. The molecule has 59 heavy (non-hydrogen) atoms. The first-order valence-electron chi connectivity index (χ1n) is 19.3. The molecule has 7 rings (SSSR count). The first kappa shape index (κ1) is 42.5. The third kappa shape index (κ3) is 5.04. The maximum atomic E-state index is 14.7. The van der Waals surface area contributed by atoms with Gasteiger partial charge in [-0.1, -0.05) is 13.8 Å². The molecule has 324 valence electrons. The van der Waals surface area contributed by atoms with Gasteiger partial charge in [0.25, 0.3) is 0 Å². The van der Waals surface area contributed by atoms with Crippen LogP contribution in [0.2, 0.25) is 0 Å². The van der Waals surface area contributed by atoms with E-state index < -0.39 is 148 Å². The van der Waals surface area contributed by atoms with Crippen molar-refractivity contribution in [3.63, 3.8) is 0 Å². The van der Waals surface area contributed by atoms with Crippen molar-refractivity contribution in [2.75, 3.05) is 13.7 Å². The number of fused-ring (bicyclic) bond motifs is 4. The monoisotopic (exact) mass is 834 g/mol. The van der Waals surface area contributed by atoms with E-state index in [4.69, 9.17) is 47.0 Å². The molecule has 4 bridgehead atoms. The number of methoxy groups -OCH3 is 1. The summed E-state index contributed by atoms with van der Waals surface area (Å²) >= 11 is 0. The molecule has 1 spiro atoms. The van der Waals surface area contributed by atoms with Gasteiger partial charge in [0.05, 0.1) is 30.5 Å². The predicted octanol–water partition coefficient (Wildman–Crippen LogP) is 1.52. The Labute approximate surface area is 338 Å². The van der Waals surface area contributed by atoms with Crippen LogP contribution in [0, 0.1) is 28.1 Å². The van der Waals surface area contributed by atoms with Gasteiger partial charge in [0.1, 0.15) is 35.6 Å². The molecule has 2 saturated heterocycles. The largest absolute Gasteiger partial charge is 0.472 e. The van der Waals surface area contributed by atoms with E-state index in [2.05, 4.69) is 0 Å². The van der Waals surface area contributed by atoms with Crippen molar-refractivity contribution in [1.82, 2.24) is 0 Å². The molecule has 0 amide bonds. The van der Waals surface area contributed by atoms with E-state index in [0.29, 0.717) is 0 Å². The lowest BCUT2D eigenvalue weighted by Gasteiger charge is -2.77. The van der Waals surface area contributed by atoms with Gasteiger partial charge in [-0.15, -0.1) is 0 Å². The Bertz CT molecular complexity index is 2000. The minimum absolute atomic E-state index is 0.197. The van der Waals surface area contributed by atoms with Gasteiger partial charge < -0.3 is 57.3 Å². The van der Waals surface area contributed by atoms with Crippen LogP contribution in [0.4, 0.5) is 0 Å². The summed E-state index contributed by atoms with van der Waals surface area (Å²) < 4.78 is 61.1. The van der Waals surface area contributed by atoms with E-state index in [0.717, 1.165) is 48.7 Å². The molecule has 6 fully saturated rings. The van der Waals surface area contributed by atoms with Crippen LogP contribution in [0.5, 0.6) is 0 Å². The standard InChI is InChI=1S/C40H50O19/c1-18(41)52-17-36-25(13-27(47)50-10)33(7)16-37(36,48)39(57-23(6)46,31(33)56-22(5)45)32-38-26(14-34(8,58-32)59-38)35(9,28(53-19(2)42)24-11-12-51-15-24)29(54-20(3)43)30(40(36,38)49)55-21(4)44/h11-12,15,25-26,28-32,48-49H,13-14,16-17H2,1-10H3/t25-,26+,28-,29-,30+,31-,32-,33+,34?,35+,36+,37+,38+,39-,40-/m0/s1. The highest BCUT2D eigenvalue weighted by atomic mass is 16.8. The lowest BCUT2D eigenvalue weighted by atomic mass is 9.32. The molecule has 1 aromatic rings. The molecule has 2 N–H and O–H groups in total. The Kier molecular flexibility index (Phi) is 9.52.